The third kappa shape index (κ3) is 4.03. The summed E-state index contributed by atoms with van der Waals surface area (Å²) in [6, 6.07) is 0.522. The molecule has 0 spiro atoms. The Bertz CT molecular complexity index is 428. The van der Waals surface area contributed by atoms with E-state index in [1.807, 2.05) is 0 Å². The number of rotatable bonds is 5. The molecule has 0 saturated carbocycles. The van der Waals surface area contributed by atoms with Gasteiger partial charge in [-0.1, -0.05) is 34.6 Å². The summed E-state index contributed by atoms with van der Waals surface area (Å²) in [7, 11) is 0. The Morgan fingerprint density at radius 1 is 1.45 bits per heavy atom. The van der Waals surface area contributed by atoms with Gasteiger partial charge in [-0.3, -0.25) is 0 Å². The summed E-state index contributed by atoms with van der Waals surface area (Å²) >= 11 is 1.80. The minimum Gasteiger partial charge on any atom is -0.381 e. The van der Waals surface area contributed by atoms with E-state index in [-0.39, 0.29) is 10.8 Å². The van der Waals surface area contributed by atoms with Crippen LogP contribution in [0.1, 0.15) is 51.7 Å². The van der Waals surface area contributed by atoms with Gasteiger partial charge in [0, 0.05) is 41.8 Å². The molecule has 1 saturated heterocycles. The Balaban J connectivity index is 2.06. The number of nitrogens with one attached hydrogen (secondary N) is 1. The fraction of sp³-hybridized carbons (Fsp3) is 0.812. The smallest absolute Gasteiger partial charge is 0.0935 e. The Morgan fingerprint density at radius 2 is 2.20 bits per heavy atom. The van der Waals surface area contributed by atoms with Crippen LogP contribution in [0.3, 0.4) is 0 Å². The monoisotopic (exact) mass is 296 g/mol. The molecule has 2 rings (SSSR count). The van der Waals surface area contributed by atoms with Crippen LogP contribution in [0.25, 0.3) is 0 Å². The fourth-order valence-corrected chi connectivity index (χ4v) is 3.66. The fourth-order valence-electron chi connectivity index (χ4n) is 2.47. The average Bonchev–Trinajstić information content (AvgIpc) is 2.96. The first-order valence-corrected chi connectivity index (χ1v) is 8.45. The molecule has 1 aromatic heterocycles. The van der Waals surface area contributed by atoms with Crippen LogP contribution in [-0.2, 0) is 16.6 Å². The van der Waals surface area contributed by atoms with Crippen molar-refractivity contribution >= 4 is 11.3 Å². The maximum Gasteiger partial charge on any atom is 0.0935 e. The van der Waals surface area contributed by atoms with Crippen LogP contribution in [0.15, 0.2) is 5.38 Å². The van der Waals surface area contributed by atoms with Crippen molar-refractivity contribution in [3.8, 4) is 0 Å². The number of nitrogens with zero attached hydrogens (tertiary/aromatic N) is 1. The predicted molar refractivity (Wildman–Crippen MR) is 85.5 cm³/mol. The van der Waals surface area contributed by atoms with Crippen LogP contribution in [-0.4, -0.2) is 30.8 Å². The van der Waals surface area contributed by atoms with Crippen LogP contribution >= 0.6 is 11.3 Å². The summed E-state index contributed by atoms with van der Waals surface area (Å²) in [5.41, 5.74) is 1.59. The summed E-state index contributed by atoms with van der Waals surface area (Å²) in [6.45, 7) is 13.8. The van der Waals surface area contributed by atoms with Gasteiger partial charge in [0.1, 0.15) is 0 Å². The van der Waals surface area contributed by atoms with Crippen LogP contribution in [0.2, 0.25) is 0 Å². The first-order valence-electron chi connectivity index (χ1n) is 7.57. The Kier molecular flexibility index (Phi) is 4.88. The molecule has 4 heteroatoms. The quantitative estimate of drug-likeness (QED) is 0.904. The Labute approximate surface area is 127 Å². The third-order valence-corrected chi connectivity index (χ3v) is 4.77. The zero-order chi connectivity index (χ0) is 14.8. The van der Waals surface area contributed by atoms with Gasteiger partial charge in [0.2, 0.25) is 0 Å². The number of thiazole rings is 1. The number of hydrogen-bond acceptors (Lipinski definition) is 4. The molecule has 0 radical (unpaired) electrons. The van der Waals surface area contributed by atoms with Crippen molar-refractivity contribution < 1.29 is 4.74 Å². The predicted octanol–water partition coefficient (Wildman–Crippen LogP) is 3.39. The summed E-state index contributed by atoms with van der Waals surface area (Å²) < 4.78 is 5.68. The van der Waals surface area contributed by atoms with Crippen molar-refractivity contribution in [2.24, 2.45) is 5.41 Å². The lowest BCUT2D eigenvalue weighted by Crippen LogP contribution is -2.39. The molecule has 2 heterocycles. The maximum atomic E-state index is 5.68. The molecule has 1 atom stereocenters. The van der Waals surface area contributed by atoms with Crippen LogP contribution in [0, 0.1) is 5.41 Å². The molecule has 1 aromatic rings. The van der Waals surface area contributed by atoms with Gasteiger partial charge in [-0.05, 0) is 6.42 Å². The normalized spacial score (nSPS) is 23.7. The van der Waals surface area contributed by atoms with Gasteiger partial charge in [0.15, 0.2) is 0 Å². The molecule has 20 heavy (non-hydrogen) atoms. The molecule has 114 valence electrons. The molecule has 1 aliphatic heterocycles. The van der Waals surface area contributed by atoms with Crippen molar-refractivity contribution in [1.82, 2.24) is 10.3 Å². The molecule has 0 bridgehead atoms. The molecule has 1 aliphatic rings. The molecule has 3 nitrogen and oxygen atoms in total. The van der Waals surface area contributed by atoms with Gasteiger partial charge in [-0.15, -0.1) is 11.3 Å². The van der Waals surface area contributed by atoms with E-state index in [1.54, 1.807) is 11.3 Å². The summed E-state index contributed by atoms with van der Waals surface area (Å²) in [5.74, 6) is 0. The topological polar surface area (TPSA) is 34.2 Å². The van der Waals surface area contributed by atoms with E-state index in [1.165, 1.54) is 10.7 Å². The summed E-state index contributed by atoms with van der Waals surface area (Å²) in [5, 5.41) is 7.05. The molecular formula is C16H28N2OS. The van der Waals surface area contributed by atoms with Crippen molar-refractivity contribution in [3.63, 3.8) is 0 Å². The molecule has 0 aromatic carbocycles. The Hall–Kier alpha value is -0.450. The van der Waals surface area contributed by atoms with Gasteiger partial charge in [0.05, 0.1) is 17.3 Å². The molecule has 1 N–H and O–H groups in total. The van der Waals surface area contributed by atoms with E-state index in [4.69, 9.17) is 9.72 Å². The van der Waals surface area contributed by atoms with Crippen LogP contribution in [0.4, 0.5) is 0 Å². The largest absolute Gasteiger partial charge is 0.381 e. The molecule has 0 aliphatic carbocycles. The SMILES string of the molecule is CC(C)NCC1(Cc2nc(C(C)(C)C)cs2)CCOC1. The average molecular weight is 296 g/mol. The number of hydrogen-bond donors (Lipinski definition) is 1. The van der Waals surface area contributed by atoms with Gasteiger partial charge < -0.3 is 10.1 Å². The second-order valence-electron chi connectivity index (χ2n) is 7.39. The second kappa shape index (κ2) is 6.12. The molecule has 0 amide bonds. The van der Waals surface area contributed by atoms with E-state index in [0.717, 1.165) is 32.6 Å². The van der Waals surface area contributed by atoms with E-state index in [9.17, 15) is 0 Å². The van der Waals surface area contributed by atoms with Gasteiger partial charge >= 0.3 is 0 Å². The van der Waals surface area contributed by atoms with Crippen LogP contribution < -0.4 is 5.32 Å². The van der Waals surface area contributed by atoms with E-state index in [2.05, 4.69) is 45.3 Å². The van der Waals surface area contributed by atoms with E-state index >= 15 is 0 Å². The van der Waals surface area contributed by atoms with E-state index < -0.39 is 0 Å². The zero-order valence-electron chi connectivity index (χ0n) is 13.5. The summed E-state index contributed by atoms with van der Waals surface area (Å²) in [6.07, 6.45) is 2.17. The highest BCUT2D eigenvalue weighted by molar-refractivity contribution is 7.09. The lowest BCUT2D eigenvalue weighted by molar-refractivity contribution is 0.148. The zero-order valence-corrected chi connectivity index (χ0v) is 14.3. The Morgan fingerprint density at radius 3 is 2.70 bits per heavy atom. The molecular weight excluding hydrogens is 268 g/mol. The minimum atomic E-state index is 0.143. The first kappa shape index (κ1) is 15.9. The third-order valence-electron chi connectivity index (χ3n) is 3.92. The van der Waals surface area contributed by atoms with E-state index in [0.29, 0.717) is 6.04 Å². The number of ether oxygens (including phenoxy) is 1. The number of aromatic nitrogens is 1. The van der Waals surface area contributed by atoms with Crippen molar-refractivity contribution in [3.05, 3.63) is 16.1 Å². The highest BCUT2D eigenvalue weighted by atomic mass is 32.1. The lowest BCUT2D eigenvalue weighted by Gasteiger charge is -2.28. The van der Waals surface area contributed by atoms with Crippen molar-refractivity contribution in [2.45, 2.75) is 58.9 Å². The maximum absolute atomic E-state index is 5.68. The standard InChI is InChI=1S/C16H28N2OS/c1-12(2)17-10-16(6-7-19-11-16)8-14-18-13(9-20-14)15(3,4)5/h9,12,17H,6-8,10-11H2,1-5H3. The van der Waals surface area contributed by atoms with Crippen molar-refractivity contribution in [1.29, 1.82) is 0 Å². The molecule has 1 unspecified atom stereocenters. The summed E-state index contributed by atoms with van der Waals surface area (Å²) in [4.78, 5) is 4.85. The van der Waals surface area contributed by atoms with Crippen molar-refractivity contribution in [2.75, 3.05) is 19.8 Å². The highest BCUT2D eigenvalue weighted by Crippen LogP contribution is 2.34. The van der Waals surface area contributed by atoms with Gasteiger partial charge in [0.25, 0.3) is 0 Å². The van der Waals surface area contributed by atoms with Gasteiger partial charge in [-0.25, -0.2) is 4.98 Å². The van der Waals surface area contributed by atoms with Gasteiger partial charge in [-0.2, -0.15) is 0 Å². The lowest BCUT2D eigenvalue weighted by atomic mass is 9.83. The second-order valence-corrected chi connectivity index (χ2v) is 8.33. The molecule has 1 fully saturated rings. The highest BCUT2D eigenvalue weighted by Gasteiger charge is 2.36. The minimum absolute atomic E-state index is 0.143. The van der Waals surface area contributed by atoms with Crippen LogP contribution in [0.5, 0.6) is 0 Å². The first-order chi connectivity index (χ1) is 9.31.